The van der Waals surface area contributed by atoms with Crippen molar-refractivity contribution in [2.75, 3.05) is 5.75 Å². The molecule has 0 aromatic rings. The summed E-state index contributed by atoms with van der Waals surface area (Å²) in [4.78, 5) is 10.2. The lowest BCUT2D eigenvalue weighted by atomic mass is 10.0. The highest BCUT2D eigenvalue weighted by Gasteiger charge is 2.28. The molecule has 0 aromatic heterocycles. The predicted molar refractivity (Wildman–Crippen MR) is 40.8 cm³/mol. The third kappa shape index (κ3) is 1.71. The Labute approximate surface area is 60.2 Å². The van der Waals surface area contributed by atoms with Gasteiger partial charge in [0.05, 0.1) is 0 Å². The summed E-state index contributed by atoms with van der Waals surface area (Å²) in [6.07, 6.45) is 4.28. The minimum absolute atomic E-state index is 0.293. The lowest BCUT2D eigenvalue weighted by molar-refractivity contribution is -0.108. The van der Waals surface area contributed by atoms with Crippen LogP contribution in [-0.2, 0) is 4.79 Å². The number of hydrogen-bond acceptors (Lipinski definition) is 2. The summed E-state index contributed by atoms with van der Waals surface area (Å²) in [7, 11) is 0. The molecule has 52 valence electrons. The first kappa shape index (κ1) is 7.13. The minimum atomic E-state index is 0.293. The van der Waals surface area contributed by atoms with E-state index in [4.69, 9.17) is 0 Å². The Kier molecular flexibility index (Phi) is 2.17. The first-order valence-electron chi connectivity index (χ1n) is 3.34. The molecule has 1 atom stereocenters. The van der Waals surface area contributed by atoms with Crippen molar-refractivity contribution in [2.24, 2.45) is 0 Å². The summed E-state index contributed by atoms with van der Waals surface area (Å²) in [5, 5.41) is 0. The van der Waals surface area contributed by atoms with E-state index in [2.05, 4.69) is 6.92 Å². The number of hydrogen-bond donors (Lipinski definition) is 0. The van der Waals surface area contributed by atoms with Gasteiger partial charge in [-0.1, -0.05) is 6.92 Å². The van der Waals surface area contributed by atoms with Crippen LogP contribution in [0, 0.1) is 0 Å². The highest BCUT2D eigenvalue weighted by Crippen LogP contribution is 2.39. The normalized spacial score (nSPS) is 34.8. The zero-order valence-electron chi connectivity index (χ0n) is 5.72. The molecule has 1 fully saturated rings. The summed E-state index contributed by atoms with van der Waals surface area (Å²) in [5.41, 5.74) is 0. The fraction of sp³-hybridized carbons (Fsp3) is 0.857. The third-order valence-electron chi connectivity index (χ3n) is 1.82. The van der Waals surface area contributed by atoms with Gasteiger partial charge in [0, 0.05) is 11.2 Å². The Morgan fingerprint density at radius 2 is 2.56 bits per heavy atom. The van der Waals surface area contributed by atoms with Crippen LogP contribution in [0.5, 0.6) is 0 Å². The zero-order chi connectivity index (χ0) is 6.74. The summed E-state index contributed by atoms with van der Waals surface area (Å²) >= 11 is 1.94. The van der Waals surface area contributed by atoms with Gasteiger partial charge < -0.3 is 4.79 Å². The average Bonchev–Trinajstić information content (AvgIpc) is 2.16. The number of carbonyl (C=O) groups excluding carboxylic acids is 1. The smallest absolute Gasteiger partial charge is 0.121 e. The van der Waals surface area contributed by atoms with Crippen LogP contribution in [0.25, 0.3) is 0 Å². The van der Waals surface area contributed by atoms with Crippen LogP contribution in [0.4, 0.5) is 0 Å². The molecule has 0 amide bonds. The van der Waals surface area contributed by atoms with Gasteiger partial charge in [0.1, 0.15) is 6.29 Å². The molecule has 2 heteroatoms. The lowest BCUT2D eigenvalue weighted by Crippen LogP contribution is -2.15. The molecule has 9 heavy (non-hydrogen) atoms. The van der Waals surface area contributed by atoms with Crippen LogP contribution < -0.4 is 0 Å². The maximum atomic E-state index is 10.2. The molecule has 0 radical (unpaired) electrons. The Morgan fingerprint density at radius 3 is 3.00 bits per heavy atom. The Hall–Kier alpha value is 0.0200. The van der Waals surface area contributed by atoms with Gasteiger partial charge in [-0.2, -0.15) is 11.8 Å². The zero-order valence-corrected chi connectivity index (χ0v) is 6.54. The highest BCUT2D eigenvalue weighted by atomic mass is 32.2. The lowest BCUT2D eigenvalue weighted by Gasteiger charge is -2.17. The minimum Gasteiger partial charge on any atom is -0.303 e. The molecule has 1 aliphatic rings. The maximum Gasteiger partial charge on any atom is 0.121 e. The summed E-state index contributed by atoms with van der Waals surface area (Å²) in [6, 6.07) is 0. The largest absolute Gasteiger partial charge is 0.303 e. The molecule has 0 N–H and O–H groups in total. The van der Waals surface area contributed by atoms with Crippen LogP contribution in [0.1, 0.15) is 26.2 Å². The van der Waals surface area contributed by atoms with Gasteiger partial charge in [-0.15, -0.1) is 0 Å². The Morgan fingerprint density at radius 1 is 1.78 bits per heavy atom. The van der Waals surface area contributed by atoms with Crippen LogP contribution in [0.2, 0.25) is 0 Å². The van der Waals surface area contributed by atoms with Crippen molar-refractivity contribution in [1.82, 2.24) is 0 Å². The SMILES string of the molecule is CC1(CC=O)CCCS1. The molecule has 0 saturated carbocycles. The molecule has 0 aromatic carbocycles. The molecular formula is C7H12OS. The quantitative estimate of drug-likeness (QED) is 0.550. The first-order valence-corrected chi connectivity index (χ1v) is 4.33. The van der Waals surface area contributed by atoms with E-state index in [1.54, 1.807) is 0 Å². The second-order valence-corrected chi connectivity index (χ2v) is 4.46. The summed E-state index contributed by atoms with van der Waals surface area (Å²) in [6.45, 7) is 2.18. The summed E-state index contributed by atoms with van der Waals surface area (Å²) in [5.74, 6) is 1.24. The van der Waals surface area contributed by atoms with Crippen molar-refractivity contribution in [1.29, 1.82) is 0 Å². The molecular weight excluding hydrogens is 132 g/mol. The molecule has 1 heterocycles. The maximum absolute atomic E-state index is 10.2. The molecule has 1 rings (SSSR count). The van der Waals surface area contributed by atoms with Gasteiger partial charge in [0.25, 0.3) is 0 Å². The van der Waals surface area contributed by atoms with Gasteiger partial charge in [-0.3, -0.25) is 0 Å². The van der Waals surface area contributed by atoms with Crippen molar-refractivity contribution >= 4 is 18.0 Å². The van der Waals surface area contributed by atoms with Gasteiger partial charge >= 0.3 is 0 Å². The topological polar surface area (TPSA) is 17.1 Å². The van der Waals surface area contributed by atoms with Crippen LogP contribution in [0.3, 0.4) is 0 Å². The van der Waals surface area contributed by atoms with E-state index in [0.717, 1.165) is 12.7 Å². The van der Waals surface area contributed by atoms with Gasteiger partial charge in [0.15, 0.2) is 0 Å². The third-order valence-corrected chi connectivity index (χ3v) is 3.38. The van der Waals surface area contributed by atoms with Crippen LogP contribution >= 0.6 is 11.8 Å². The predicted octanol–water partition coefficient (Wildman–Crippen LogP) is 1.86. The van der Waals surface area contributed by atoms with Crippen LogP contribution in [-0.4, -0.2) is 16.8 Å². The monoisotopic (exact) mass is 144 g/mol. The van der Waals surface area contributed by atoms with E-state index in [-0.39, 0.29) is 0 Å². The van der Waals surface area contributed by atoms with Gasteiger partial charge in [-0.05, 0) is 18.6 Å². The first-order chi connectivity index (χ1) is 4.27. The highest BCUT2D eigenvalue weighted by molar-refractivity contribution is 8.00. The average molecular weight is 144 g/mol. The van der Waals surface area contributed by atoms with Crippen molar-refractivity contribution in [3.05, 3.63) is 0 Å². The van der Waals surface area contributed by atoms with Gasteiger partial charge in [-0.25, -0.2) is 0 Å². The van der Waals surface area contributed by atoms with E-state index in [0.29, 0.717) is 4.75 Å². The Bertz CT molecular complexity index is 105. The van der Waals surface area contributed by atoms with E-state index in [1.165, 1.54) is 18.6 Å². The van der Waals surface area contributed by atoms with E-state index < -0.39 is 0 Å². The van der Waals surface area contributed by atoms with Gasteiger partial charge in [0.2, 0.25) is 0 Å². The van der Waals surface area contributed by atoms with Crippen LogP contribution in [0.15, 0.2) is 0 Å². The fourth-order valence-corrected chi connectivity index (χ4v) is 2.43. The summed E-state index contributed by atoms with van der Waals surface area (Å²) < 4.78 is 0.293. The number of thioether (sulfide) groups is 1. The molecule has 0 aliphatic carbocycles. The van der Waals surface area contributed by atoms with E-state index in [1.807, 2.05) is 11.8 Å². The fourth-order valence-electron chi connectivity index (χ4n) is 1.17. The Balaban J connectivity index is 2.40. The molecule has 1 nitrogen and oxygen atoms in total. The molecule has 0 spiro atoms. The van der Waals surface area contributed by atoms with E-state index in [9.17, 15) is 4.79 Å². The van der Waals surface area contributed by atoms with Crippen molar-refractivity contribution in [3.8, 4) is 0 Å². The van der Waals surface area contributed by atoms with Crippen molar-refractivity contribution < 1.29 is 4.79 Å². The second kappa shape index (κ2) is 2.74. The molecule has 0 bridgehead atoms. The molecule has 1 saturated heterocycles. The molecule has 1 unspecified atom stereocenters. The molecule has 1 aliphatic heterocycles. The van der Waals surface area contributed by atoms with E-state index >= 15 is 0 Å². The number of carbonyl (C=O) groups is 1. The number of rotatable bonds is 2. The van der Waals surface area contributed by atoms with Crippen molar-refractivity contribution in [3.63, 3.8) is 0 Å². The second-order valence-electron chi connectivity index (χ2n) is 2.77. The standard InChI is InChI=1S/C7H12OS/c1-7(4-5-8)3-2-6-9-7/h5H,2-4,6H2,1H3. The van der Waals surface area contributed by atoms with Crippen molar-refractivity contribution in [2.45, 2.75) is 30.9 Å². The number of aldehydes is 1.